The Bertz CT molecular complexity index is 756. The Morgan fingerprint density at radius 3 is 1.29 bits per heavy atom. The number of hydrogen-bond donors (Lipinski definition) is 2. The molecule has 2 N–H and O–H groups in total. The maximum Gasteiger partial charge on any atom is 0.124 e. The molecular formula is C26H34CuN2O2. The Morgan fingerprint density at radius 1 is 0.581 bits per heavy atom. The summed E-state index contributed by atoms with van der Waals surface area (Å²) in [6.45, 7) is 0. The topological polar surface area (TPSA) is 65.2 Å². The smallest absolute Gasteiger partial charge is 0.124 e. The first-order chi connectivity index (χ1) is 14.7. The summed E-state index contributed by atoms with van der Waals surface area (Å²) in [4.78, 5) is 9.06. The fraction of sp³-hybridized carbons (Fsp3) is 0.462. The van der Waals surface area contributed by atoms with Gasteiger partial charge in [0.2, 0.25) is 0 Å². The van der Waals surface area contributed by atoms with Crippen LogP contribution in [0.5, 0.6) is 11.5 Å². The van der Waals surface area contributed by atoms with E-state index in [0.29, 0.717) is 23.6 Å². The fourth-order valence-electron chi connectivity index (χ4n) is 4.03. The van der Waals surface area contributed by atoms with Crippen molar-refractivity contribution in [2.75, 3.05) is 0 Å². The molecule has 0 amide bonds. The van der Waals surface area contributed by atoms with Crippen LogP contribution in [0.1, 0.15) is 75.3 Å². The minimum absolute atomic E-state index is 0. The third-order valence-corrected chi connectivity index (χ3v) is 5.87. The first-order valence-corrected chi connectivity index (χ1v) is 11.3. The molecule has 0 aliphatic heterocycles. The number of nitrogens with zero attached hydrogens (tertiary/aromatic N) is 2. The Balaban J connectivity index is 0.000000213. The van der Waals surface area contributed by atoms with Gasteiger partial charge in [0, 0.05) is 52.7 Å². The van der Waals surface area contributed by atoms with Crippen molar-refractivity contribution in [2.45, 2.75) is 76.3 Å². The van der Waals surface area contributed by atoms with Crippen LogP contribution in [0.4, 0.5) is 0 Å². The largest absolute Gasteiger partial charge is 0.507 e. The van der Waals surface area contributed by atoms with Gasteiger partial charge in [0.1, 0.15) is 11.5 Å². The molecule has 2 aromatic rings. The average molecular weight is 470 g/mol. The zero-order valence-corrected chi connectivity index (χ0v) is 19.0. The minimum atomic E-state index is 0. The predicted molar refractivity (Wildman–Crippen MR) is 125 cm³/mol. The summed E-state index contributed by atoms with van der Waals surface area (Å²) in [5, 5.41) is 19.1. The first kappa shape index (κ1) is 25.2. The molecule has 0 atom stereocenters. The van der Waals surface area contributed by atoms with E-state index in [4.69, 9.17) is 0 Å². The molecule has 4 rings (SSSR count). The second kappa shape index (κ2) is 14.1. The van der Waals surface area contributed by atoms with E-state index in [-0.39, 0.29) is 17.1 Å². The van der Waals surface area contributed by atoms with Crippen molar-refractivity contribution in [2.24, 2.45) is 9.98 Å². The van der Waals surface area contributed by atoms with Crippen molar-refractivity contribution < 1.29 is 27.3 Å². The third-order valence-electron chi connectivity index (χ3n) is 5.87. The van der Waals surface area contributed by atoms with Crippen LogP contribution < -0.4 is 0 Å². The molecule has 0 bridgehead atoms. The molecule has 4 nitrogen and oxygen atoms in total. The van der Waals surface area contributed by atoms with E-state index >= 15 is 0 Å². The average Bonchev–Trinajstić information content (AvgIpc) is 2.80. The number of hydrogen-bond acceptors (Lipinski definition) is 4. The second-order valence-electron chi connectivity index (χ2n) is 8.26. The number of phenols is 2. The van der Waals surface area contributed by atoms with E-state index in [2.05, 4.69) is 9.98 Å². The second-order valence-corrected chi connectivity index (χ2v) is 8.26. The van der Waals surface area contributed by atoms with Gasteiger partial charge in [-0.05, 0) is 49.9 Å². The van der Waals surface area contributed by atoms with Gasteiger partial charge in [0.15, 0.2) is 0 Å². The number of aromatic hydroxyl groups is 2. The van der Waals surface area contributed by atoms with Gasteiger partial charge in [-0.25, -0.2) is 0 Å². The molecule has 0 saturated heterocycles. The summed E-state index contributed by atoms with van der Waals surface area (Å²) in [6.07, 6.45) is 16.3. The van der Waals surface area contributed by atoms with Crippen molar-refractivity contribution in [3.63, 3.8) is 0 Å². The van der Waals surface area contributed by atoms with Crippen LogP contribution in [0, 0.1) is 0 Å². The fourth-order valence-corrected chi connectivity index (χ4v) is 4.03. The van der Waals surface area contributed by atoms with Gasteiger partial charge < -0.3 is 10.2 Å². The molecule has 0 spiro atoms. The Labute approximate surface area is 197 Å². The number of benzene rings is 2. The van der Waals surface area contributed by atoms with Crippen LogP contribution in [0.3, 0.4) is 0 Å². The van der Waals surface area contributed by atoms with Crippen molar-refractivity contribution in [3.8, 4) is 11.5 Å². The molecule has 5 heteroatoms. The van der Waals surface area contributed by atoms with E-state index in [1.165, 1.54) is 64.2 Å². The molecule has 2 fully saturated rings. The van der Waals surface area contributed by atoms with Crippen molar-refractivity contribution >= 4 is 12.4 Å². The third kappa shape index (κ3) is 8.88. The molecule has 0 unspecified atom stereocenters. The van der Waals surface area contributed by atoms with Gasteiger partial charge >= 0.3 is 0 Å². The quantitative estimate of drug-likeness (QED) is 0.408. The molecule has 0 aromatic heterocycles. The number of para-hydroxylation sites is 2. The van der Waals surface area contributed by atoms with Crippen LogP contribution in [-0.2, 0) is 17.1 Å². The van der Waals surface area contributed by atoms with Crippen LogP contribution in [0.25, 0.3) is 0 Å². The van der Waals surface area contributed by atoms with E-state index in [9.17, 15) is 10.2 Å². The summed E-state index contributed by atoms with van der Waals surface area (Å²) in [6, 6.07) is 15.6. The predicted octanol–water partition coefficient (Wildman–Crippen LogP) is 6.29. The van der Waals surface area contributed by atoms with E-state index in [1.807, 2.05) is 48.8 Å². The maximum atomic E-state index is 9.55. The van der Waals surface area contributed by atoms with Crippen molar-refractivity contribution in [3.05, 3.63) is 59.7 Å². The van der Waals surface area contributed by atoms with Gasteiger partial charge in [-0.3, -0.25) is 9.98 Å². The normalized spacial score (nSPS) is 17.8. The summed E-state index contributed by atoms with van der Waals surface area (Å²) in [5.41, 5.74) is 1.64. The Hall–Kier alpha value is -2.10. The van der Waals surface area contributed by atoms with E-state index in [0.717, 1.165) is 11.1 Å². The number of phenolic OH excluding ortho intramolecular Hbond substituents is 2. The Morgan fingerprint density at radius 2 is 0.935 bits per heavy atom. The van der Waals surface area contributed by atoms with Gasteiger partial charge in [0.25, 0.3) is 0 Å². The summed E-state index contributed by atoms with van der Waals surface area (Å²) >= 11 is 0. The standard InChI is InChI=1S/2C13H17NO.Cu/c2*15-13-9-5-4-6-11(13)10-14-12-7-2-1-3-8-12;/h2*4-6,9-10,12,15H,1-3,7-8H2;. The minimum Gasteiger partial charge on any atom is -0.507 e. The zero-order chi connectivity index (χ0) is 21.0. The van der Waals surface area contributed by atoms with Crippen LogP contribution in [0.15, 0.2) is 58.5 Å². The van der Waals surface area contributed by atoms with E-state index in [1.54, 1.807) is 12.1 Å². The first-order valence-electron chi connectivity index (χ1n) is 11.3. The monoisotopic (exact) mass is 469 g/mol. The molecule has 2 aliphatic carbocycles. The SMILES string of the molecule is Oc1ccccc1C=NC1CCCCC1.Oc1ccccc1C=NC1CCCCC1.[Cu]. The van der Waals surface area contributed by atoms with Crippen LogP contribution in [-0.4, -0.2) is 34.7 Å². The number of rotatable bonds is 4. The summed E-state index contributed by atoms with van der Waals surface area (Å²) in [5.74, 6) is 0.633. The van der Waals surface area contributed by atoms with Gasteiger partial charge in [0.05, 0.1) is 0 Å². The summed E-state index contributed by atoms with van der Waals surface area (Å²) < 4.78 is 0. The number of aliphatic imine (C=N–C) groups is 2. The maximum absolute atomic E-state index is 9.55. The molecule has 0 heterocycles. The molecule has 2 aromatic carbocycles. The van der Waals surface area contributed by atoms with Crippen LogP contribution >= 0.6 is 0 Å². The molecule has 1 radical (unpaired) electrons. The van der Waals surface area contributed by atoms with Crippen LogP contribution in [0.2, 0.25) is 0 Å². The Kier molecular flexibility index (Phi) is 11.4. The molecule has 2 saturated carbocycles. The zero-order valence-electron chi connectivity index (χ0n) is 18.1. The van der Waals surface area contributed by atoms with Gasteiger partial charge in [-0.15, -0.1) is 0 Å². The van der Waals surface area contributed by atoms with E-state index < -0.39 is 0 Å². The van der Waals surface area contributed by atoms with Crippen molar-refractivity contribution in [1.82, 2.24) is 0 Å². The van der Waals surface area contributed by atoms with Gasteiger partial charge in [-0.2, -0.15) is 0 Å². The summed E-state index contributed by atoms with van der Waals surface area (Å²) in [7, 11) is 0. The molecular weight excluding hydrogens is 436 g/mol. The molecule has 31 heavy (non-hydrogen) atoms. The molecule has 2 aliphatic rings. The van der Waals surface area contributed by atoms with Crippen molar-refractivity contribution in [1.29, 1.82) is 0 Å². The molecule has 171 valence electrons. The van der Waals surface area contributed by atoms with Gasteiger partial charge in [-0.1, -0.05) is 62.8 Å².